The quantitative estimate of drug-likeness (QED) is 0.623. The number of aromatic nitrogens is 2. The zero-order valence-corrected chi connectivity index (χ0v) is 18.3. The highest BCUT2D eigenvalue weighted by Gasteiger charge is 2.35. The summed E-state index contributed by atoms with van der Waals surface area (Å²) in [5.41, 5.74) is 1.78. The van der Waals surface area contributed by atoms with Gasteiger partial charge in [-0.3, -0.25) is 9.59 Å². The number of ether oxygens (including phenoxy) is 1. The molecule has 30 heavy (non-hydrogen) atoms. The fourth-order valence-corrected chi connectivity index (χ4v) is 6.17. The highest BCUT2D eigenvalue weighted by Crippen LogP contribution is 2.41. The Morgan fingerprint density at radius 3 is 2.60 bits per heavy atom. The largest absolute Gasteiger partial charge is 0.378 e. The standard InChI is InChI=1S/C21H22N4O3S2/c1-13-18(30-23-22-13)20(26)25-7-6-14(12-25)17-15-4-2-3-5-16(15)29-19(17)21(27)24-8-10-28-11-9-24/h2-5,14H,6-12H2,1H3/t14-/m1/s1. The molecule has 1 atom stereocenters. The van der Waals surface area contributed by atoms with Gasteiger partial charge in [0.2, 0.25) is 0 Å². The summed E-state index contributed by atoms with van der Waals surface area (Å²) in [6.07, 6.45) is 0.848. The highest BCUT2D eigenvalue weighted by molar-refractivity contribution is 7.21. The van der Waals surface area contributed by atoms with Gasteiger partial charge in [-0.15, -0.1) is 16.4 Å². The molecule has 0 bridgehead atoms. The Labute approximate surface area is 182 Å². The fourth-order valence-electron chi connectivity index (χ4n) is 4.29. The number of hydrogen-bond acceptors (Lipinski definition) is 7. The van der Waals surface area contributed by atoms with E-state index in [9.17, 15) is 9.59 Å². The summed E-state index contributed by atoms with van der Waals surface area (Å²) in [6.45, 7) is 5.52. The minimum atomic E-state index is -0.00871. The molecule has 1 aromatic carbocycles. The van der Waals surface area contributed by atoms with Crippen molar-refractivity contribution in [2.24, 2.45) is 0 Å². The second kappa shape index (κ2) is 8.05. The number of fused-ring (bicyclic) bond motifs is 1. The molecule has 0 saturated carbocycles. The number of nitrogens with zero attached hydrogens (tertiary/aromatic N) is 4. The number of carbonyl (C=O) groups excluding carboxylic acids is 2. The first kappa shape index (κ1) is 19.6. The molecular weight excluding hydrogens is 420 g/mol. The molecule has 2 fully saturated rings. The summed E-state index contributed by atoms with van der Waals surface area (Å²) in [5.74, 6) is 0.221. The minimum Gasteiger partial charge on any atom is -0.378 e. The Morgan fingerprint density at radius 1 is 1.07 bits per heavy atom. The number of thiophene rings is 1. The van der Waals surface area contributed by atoms with Gasteiger partial charge in [0, 0.05) is 36.8 Å². The minimum absolute atomic E-state index is 0.00871. The van der Waals surface area contributed by atoms with Crippen LogP contribution in [0.3, 0.4) is 0 Å². The molecule has 3 aromatic rings. The van der Waals surface area contributed by atoms with E-state index in [1.165, 1.54) is 0 Å². The maximum Gasteiger partial charge on any atom is 0.267 e. The Hall–Kier alpha value is -2.36. The van der Waals surface area contributed by atoms with Gasteiger partial charge < -0.3 is 14.5 Å². The molecule has 9 heteroatoms. The third kappa shape index (κ3) is 3.40. The number of carbonyl (C=O) groups is 2. The number of benzene rings is 1. The van der Waals surface area contributed by atoms with Crippen LogP contribution >= 0.6 is 22.9 Å². The van der Waals surface area contributed by atoms with Crippen LogP contribution in [0.4, 0.5) is 0 Å². The summed E-state index contributed by atoms with van der Waals surface area (Å²) >= 11 is 2.72. The van der Waals surface area contributed by atoms with Crippen molar-refractivity contribution >= 4 is 44.8 Å². The molecular formula is C21H22N4O3S2. The molecule has 2 aromatic heterocycles. The van der Waals surface area contributed by atoms with E-state index in [2.05, 4.69) is 21.7 Å². The first-order chi connectivity index (χ1) is 14.6. The topological polar surface area (TPSA) is 75.6 Å². The molecule has 7 nitrogen and oxygen atoms in total. The maximum absolute atomic E-state index is 13.4. The Kier molecular flexibility index (Phi) is 5.26. The van der Waals surface area contributed by atoms with Crippen LogP contribution in [0.25, 0.3) is 10.1 Å². The molecule has 0 N–H and O–H groups in total. The smallest absolute Gasteiger partial charge is 0.267 e. The number of morpholine rings is 1. The van der Waals surface area contributed by atoms with Crippen molar-refractivity contribution in [2.75, 3.05) is 39.4 Å². The van der Waals surface area contributed by atoms with Gasteiger partial charge in [0.1, 0.15) is 4.88 Å². The Bertz CT molecular complexity index is 1100. The monoisotopic (exact) mass is 442 g/mol. The zero-order valence-electron chi connectivity index (χ0n) is 16.7. The van der Waals surface area contributed by atoms with Gasteiger partial charge >= 0.3 is 0 Å². The molecule has 0 radical (unpaired) electrons. The van der Waals surface area contributed by atoms with Crippen molar-refractivity contribution in [1.29, 1.82) is 0 Å². The summed E-state index contributed by atoms with van der Waals surface area (Å²) in [5, 5.41) is 5.10. The van der Waals surface area contributed by atoms with Crippen LogP contribution in [0.2, 0.25) is 0 Å². The first-order valence-corrected chi connectivity index (χ1v) is 11.7. The van der Waals surface area contributed by atoms with Crippen LogP contribution in [-0.2, 0) is 4.74 Å². The van der Waals surface area contributed by atoms with Crippen LogP contribution in [0.5, 0.6) is 0 Å². The number of amides is 2. The van der Waals surface area contributed by atoms with Gasteiger partial charge in [0.25, 0.3) is 11.8 Å². The fraction of sp³-hybridized carbons (Fsp3) is 0.429. The van der Waals surface area contributed by atoms with Crippen molar-refractivity contribution in [3.8, 4) is 0 Å². The van der Waals surface area contributed by atoms with E-state index in [1.807, 2.05) is 28.9 Å². The van der Waals surface area contributed by atoms with E-state index < -0.39 is 0 Å². The molecule has 4 heterocycles. The van der Waals surface area contributed by atoms with E-state index in [-0.39, 0.29) is 17.7 Å². The van der Waals surface area contributed by atoms with Crippen molar-refractivity contribution in [3.05, 3.63) is 45.3 Å². The van der Waals surface area contributed by atoms with Gasteiger partial charge in [0.15, 0.2) is 0 Å². The lowest BCUT2D eigenvalue weighted by molar-refractivity contribution is 0.0305. The molecule has 2 saturated heterocycles. The summed E-state index contributed by atoms with van der Waals surface area (Å²) in [4.78, 5) is 31.5. The van der Waals surface area contributed by atoms with Crippen molar-refractivity contribution in [3.63, 3.8) is 0 Å². The van der Waals surface area contributed by atoms with Crippen molar-refractivity contribution in [2.45, 2.75) is 19.3 Å². The SMILES string of the molecule is Cc1nnsc1C(=O)N1CC[C@@H](c2c(C(=O)N3CCOCC3)sc3ccccc23)C1. The summed E-state index contributed by atoms with van der Waals surface area (Å²) in [6, 6.07) is 8.20. The van der Waals surface area contributed by atoms with E-state index in [4.69, 9.17) is 4.74 Å². The Morgan fingerprint density at radius 2 is 1.83 bits per heavy atom. The average molecular weight is 443 g/mol. The maximum atomic E-state index is 13.4. The van der Waals surface area contributed by atoms with Gasteiger partial charge in [0.05, 0.1) is 23.8 Å². The average Bonchev–Trinajstić information content (AvgIpc) is 3.51. The van der Waals surface area contributed by atoms with E-state index in [0.29, 0.717) is 50.0 Å². The van der Waals surface area contributed by atoms with Crippen molar-refractivity contribution < 1.29 is 14.3 Å². The van der Waals surface area contributed by atoms with Crippen LogP contribution in [0.1, 0.15) is 42.9 Å². The lowest BCUT2D eigenvalue weighted by Gasteiger charge is -2.27. The third-order valence-corrected chi connectivity index (χ3v) is 7.85. The number of aryl methyl sites for hydroxylation is 1. The number of rotatable bonds is 3. The van der Waals surface area contributed by atoms with Crippen molar-refractivity contribution in [1.82, 2.24) is 19.4 Å². The van der Waals surface area contributed by atoms with Crippen LogP contribution < -0.4 is 0 Å². The van der Waals surface area contributed by atoms with Gasteiger partial charge in [-0.05, 0) is 41.9 Å². The number of hydrogen-bond donors (Lipinski definition) is 0. The zero-order chi connectivity index (χ0) is 20.7. The summed E-state index contributed by atoms with van der Waals surface area (Å²) < 4.78 is 10.4. The highest BCUT2D eigenvalue weighted by atomic mass is 32.1. The van der Waals surface area contributed by atoms with E-state index in [1.54, 1.807) is 11.3 Å². The third-order valence-electron chi connectivity index (χ3n) is 5.86. The molecule has 0 spiro atoms. The Balaban J connectivity index is 1.47. The van der Waals surface area contributed by atoms with Gasteiger partial charge in [-0.25, -0.2) is 0 Å². The predicted molar refractivity (Wildman–Crippen MR) is 116 cm³/mol. The normalized spacial score (nSPS) is 19.6. The summed E-state index contributed by atoms with van der Waals surface area (Å²) in [7, 11) is 0. The molecule has 2 amide bonds. The van der Waals surface area contributed by atoms with Crippen LogP contribution in [0.15, 0.2) is 24.3 Å². The molecule has 5 rings (SSSR count). The second-order valence-electron chi connectivity index (χ2n) is 7.67. The van der Waals surface area contributed by atoms with Crippen LogP contribution in [0, 0.1) is 6.92 Å². The van der Waals surface area contributed by atoms with E-state index >= 15 is 0 Å². The predicted octanol–water partition coefficient (Wildman–Crippen LogP) is 3.16. The van der Waals surface area contributed by atoms with Gasteiger partial charge in [-0.2, -0.15) is 0 Å². The molecule has 2 aliphatic rings. The van der Waals surface area contributed by atoms with Gasteiger partial charge in [-0.1, -0.05) is 22.7 Å². The molecule has 2 aliphatic heterocycles. The van der Waals surface area contributed by atoms with E-state index in [0.717, 1.165) is 38.5 Å². The van der Waals surface area contributed by atoms with Crippen LogP contribution in [-0.4, -0.2) is 70.6 Å². The molecule has 156 valence electrons. The first-order valence-electron chi connectivity index (χ1n) is 10.1. The number of likely N-dealkylation sites (tertiary alicyclic amines) is 1. The lowest BCUT2D eigenvalue weighted by Crippen LogP contribution is -2.40. The molecule has 0 unspecified atom stereocenters. The second-order valence-corrected chi connectivity index (χ2v) is 9.48. The molecule has 0 aliphatic carbocycles. The lowest BCUT2D eigenvalue weighted by atomic mass is 9.94.